The Kier molecular flexibility index (Phi) is 6.95. The van der Waals surface area contributed by atoms with E-state index in [0.717, 1.165) is 23.1 Å². The molecular weight excluding hydrogens is 416 g/mol. The molecule has 2 amide bonds. The number of hydrogen-bond donors (Lipinski definition) is 2. The zero-order valence-electron chi connectivity index (χ0n) is 18.0. The quantitative estimate of drug-likeness (QED) is 0.404. The van der Waals surface area contributed by atoms with Crippen LogP contribution >= 0.6 is 11.8 Å². The fourth-order valence-corrected chi connectivity index (χ4v) is 3.75. The Bertz CT molecular complexity index is 1090. The van der Waals surface area contributed by atoms with E-state index in [1.807, 2.05) is 33.8 Å². The number of aryl methyl sites for hydroxylation is 2. The van der Waals surface area contributed by atoms with Gasteiger partial charge in [0, 0.05) is 30.0 Å². The molecule has 2 aromatic heterocycles. The Morgan fingerprint density at radius 3 is 2.55 bits per heavy atom. The van der Waals surface area contributed by atoms with Crippen molar-refractivity contribution in [3.8, 4) is 5.95 Å². The Morgan fingerprint density at radius 1 is 1.16 bits per heavy atom. The number of aromatic nitrogens is 5. The lowest BCUT2D eigenvalue weighted by molar-refractivity contribution is -0.113. The Morgan fingerprint density at radius 2 is 1.90 bits per heavy atom. The van der Waals surface area contributed by atoms with Crippen LogP contribution in [0.5, 0.6) is 0 Å². The predicted octanol–water partition coefficient (Wildman–Crippen LogP) is 2.01. The van der Waals surface area contributed by atoms with Crippen molar-refractivity contribution < 1.29 is 9.59 Å². The van der Waals surface area contributed by atoms with Crippen LogP contribution in [0.25, 0.3) is 5.95 Å². The standard InChI is InChI=1S/C20H26N8O2S/c1-5-26(6-2)18(30)15-8-7-9-16(11-15)22-17(29)12-31-20-24-23-19(27(20)21)28-14(4)10-13(3)25-28/h7-11H,5-6,12,21H2,1-4H3,(H,22,29). The minimum absolute atomic E-state index is 0.0663. The van der Waals surface area contributed by atoms with Crippen LogP contribution in [0.2, 0.25) is 0 Å². The molecule has 0 aliphatic rings. The number of nitrogens with one attached hydrogen (secondary N) is 1. The molecule has 31 heavy (non-hydrogen) atoms. The number of thioether (sulfide) groups is 1. The third-order valence-electron chi connectivity index (χ3n) is 4.62. The van der Waals surface area contributed by atoms with Gasteiger partial charge < -0.3 is 16.1 Å². The molecule has 0 atom stereocenters. The first-order valence-electron chi connectivity index (χ1n) is 9.90. The van der Waals surface area contributed by atoms with E-state index < -0.39 is 0 Å². The second-order valence-corrected chi connectivity index (χ2v) is 7.83. The van der Waals surface area contributed by atoms with E-state index in [4.69, 9.17) is 5.84 Å². The lowest BCUT2D eigenvalue weighted by Gasteiger charge is -2.19. The fraction of sp³-hybridized carbons (Fsp3) is 0.350. The van der Waals surface area contributed by atoms with Crippen molar-refractivity contribution in [2.75, 3.05) is 30.0 Å². The second-order valence-electron chi connectivity index (χ2n) is 6.89. The molecule has 0 aliphatic carbocycles. The second kappa shape index (κ2) is 9.65. The summed E-state index contributed by atoms with van der Waals surface area (Å²) < 4.78 is 2.91. The first-order chi connectivity index (χ1) is 14.8. The highest BCUT2D eigenvalue weighted by molar-refractivity contribution is 7.99. The zero-order valence-corrected chi connectivity index (χ0v) is 18.8. The number of nitrogen functional groups attached to an aromatic ring is 1. The Labute approximate surface area is 184 Å². The van der Waals surface area contributed by atoms with Gasteiger partial charge in [0.15, 0.2) is 0 Å². The van der Waals surface area contributed by atoms with Crippen LogP contribution in [-0.4, -0.2) is 60.2 Å². The highest BCUT2D eigenvalue weighted by Gasteiger charge is 2.17. The molecule has 0 fully saturated rings. The normalized spacial score (nSPS) is 10.8. The highest BCUT2D eigenvalue weighted by Crippen LogP contribution is 2.19. The molecule has 3 aromatic rings. The van der Waals surface area contributed by atoms with Crippen molar-refractivity contribution in [1.82, 2.24) is 29.6 Å². The van der Waals surface area contributed by atoms with Crippen LogP contribution in [0.1, 0.15) is 35.6 Å². The minimum atomic E-state index is -0.242. The van der Waals surface area contributed by atoms with Gasteiger partial charge in [0.2, 0.25) is 11.1 Å². The van der Waals surface area contributed by atoms with Crippen molar-refractivity contribution in [2.45, 2.75) is 32.9 Å². The number of benzene rings is 1. The van der Waals surface area contributed by atoms with Gasteiger partial charge in [-0.3, -0.25) is 9.59 Å². The van der Waals surface area contributed by atoms with E-state index in [-0.39, 0.29) is 17.6 Å². The van der Waals surface area contributed by atoms with Crippen LogP contribution in [0.3, 0.4) is 0 Å². The van der Waals surface area contributed by atoms with Gasteiger partial charge in [-0.05, 0) is 52.0 Å². The molecular formula is C20H26N8O2S. The van der Waals surface area contributed by atoms with Gasteiger partial charge in [-0.25, -0.2) is 9.36 Å². The summed E-state index contributed by atoms with van der Waals surface area (Å²) in [6, 6.07) is 8.82. The van der Waals surface area contributed by atoms with Crippen LogP contribution in [0, 0.1) is 13.8 Å². The Hall–Kier alpha value is -3.34. The summed E-state index contributed by atoms with van der Waals surface area (Å²) >= 11 is 1.16. The molecule has 11 heteroatoms. The lowest BCUT2D eigenvalue weighted by atomic mass is 10.1. The molecule has 164 valence electrons. The SMILES string of the molecule is CCN(CC)C(=O)c1cccc(NC(=O)CSc2nnc(-n3nc(C)cc3C)n2N)c1. The van der Waals surface area contributed by atoms with Crippen LogP contribution in [0.4, 0.5) is 5.69 Å². The molecule has 2 heterocycles. The van der Waals surface area contributed by atoms with Gasteiger partial charge in [-0.1, -0.05) is 17.8 Å². The molecule has 0 saturated heterocycles. The average molecular weight is 443 g/mol. The van der Waals surface area contributed by atoms with Gasteiger partial charge in [0.1, 0.15) is 0 Å². The molecule has 0 spiro atoms. The summed E-state index contributed by atoms with van der Waals surface area (Å²) in [5, 5.41) is 15.7. The molecule has 3 N–H and O–H groups in total. The molecule has 3 rings (SSSR count). The summed E-state index contributed by atoms with van der Waals surface area (Å²) in [5.74, 6) is 6.24. The summed E-state index contributed by atoms with van der Waals surface area (Å²) in [5.41, 5.74) is 2.81. The Balaban J connectivity index is 1.63. The predicted molar refractivity (Wildman–Crippen MR) is 120 cm³/mol. The van der Waals surface area contributed by atoms with Crippen LogP contribution in [0.15, 0.2) is 35.5 Å². The number of carbonyl (C=O) groups excluding carboxylic acids is 2. The third kappa shape index (κ3) is 5.05. The summed E-state index contributed by atoms with van der Waals surface area (Å²) in [6.45, 7) is 8.89. The third-order valence-corrected chi connectivity index (χ3v) is 5.56. The molecule has 0 radical (unpaired) electrons. The number of rotatable bonds is 8. The van der Waals surface area contributed by atoms with E-state index in [1.165, 1.54) is 4.68 Å². The highest BCUT2D eigenvalue weighted by atomic mass is 32.2. The van der Waals surface area contributed by atoms with Gasteiger partial charge in [0.05, 0.1) is 11.4 Å². The van der Waals surface area contributed by atoms with Crippen molar-refractivity contribution in [3.63, 3.8) is 0 Å². The number of hydrogen-bond acceptors (Lipinski definition) is 7. The number of nitrogens with two attached hydrogens (primary N) is 1. The van der Waals surface area contributed by atoms with Gasteiger partial charge >= 0.3 is 0 Å². The number of amides is 2. The van der Waals surface area contributed by atoms with Gasteiger partial charge in [0.25, 0.3) is 11.9 Å². The molecule has 10 nitrogen and oxygen atoms in total. The van der Waals surface area contributed by atoms with Crippen molar-refractivity contribution >= 4 is 29.3 Å². The van der Waals surface area contributed by atoms with Crippen molar-refractivity contribution in [3.05, 3.63) is 47.3 Å². The van der Waals surface area contributed by atoms with E-state index in [9.17, 15) is 9.59 Å². The topological polar surface area (TPSA) is 124 Å². The molecule has 0 bridgehead atoms. The van der Waals surface area contributed by atoms with Gasteiger partial charge in [-0.2, -0.15) is 5.10 Å². The molecule has 1 aromatic carbocycles. The number of carbonyl (C=O) groups is 2. The first kappa shape index (κ1) is 22.3. The van der Waals surface area contributed by atoms with Crippen molar-refractivity contribution in [1.29, 1.82) is 0 Å². The summed E-state index contributed by atoms with van der Waals surface area (Å²) in [7, 11) is 0. The maximum atomic E-state index is 12.5. The van der Waals surface area contributed by atoms with Crippen LogP contribution in [-0.2, 0) is 4.79 Å². The molecule has 0 saturated carbocycles. The maximum Gasteiger partial charge on any atom is 0.271 e. The van der Waals surface area contributed by atoms with Crippen molar-refractivity contribution in [2.24, 2.45) is 0 Å². The largest absolute Gasteiger partial charge is 0.339 e. The van der Waals surface area contributed by atoms with E-state index in [0.29, 0.717) is 35.4 Å². The lowest BCUT2D eigenvalue weighted by Crippen LogP contribution is -2.30. The van der Waals surface area contributed by atoms with E-state index in [1.54, 1.807) is 33.8 Å². The average Bonchev–Trinajstić information content (AvgIpc) is 3.27. The summed E-state index contributed by atoms with van der Waals surface area (Å²) in [6.07, 6.45) is 0. The fourth-order valence-electron chi connectivity index (χ4n) is 3.09. The molecule has 0 unspecified atom stereocenters. The molecule has 0 aliphatic heterocycles. The van der Waals surface area contributed by atoms with E-state index in [2.05, 4.69) is 20.6 Å². The van der Waals surface area contributed by atoms with E-state index >= 15 is 0 Å². The van der Waals surface area contributed by atoms with Gasteiger partial charge in [-0.15, -0.1) is 10.2 Å². The monoisotopic (exact) mass is 442 g/mol. The maximum absolute atomic E-state index is 12.5. The number of anilines is 1. The first-order valence-corrected chi connectivity index (χ1v) is 10.9. The van der Waals surface area contributed by atoms with Crippen LogP contribution < -0.4 is 11.2 Å². The number of nitrogens with zero attached hydrogens (tertiary/aromatic N) is 6. The summed E-state index contributed by atoms with van der Waals surface area (Å²) in [4.78, 5) is 26.7. The minimum Gasteiger partial charge on any atom is -0.339 e. The smallest absolute Gasteiger partial charge is 0.271 e. The zero-order chi connectivity index (χ0) is 22.5.